The van der Waals surface area contributed by atoms with Crippen molar-refractivity contribution in [1.82, 2.24) is 0 Å². The van der Waals surface area contributed by atoms with Crippen LogP contribution >= 0.6 is 12.4 Å². The molecule has 4 heteroatoms. The van der Waals surface area contributed by atoms with Gasteiger partial charge >= 0.3 is 5.97 Å². The molecule has 3 fully saturated rings. The average Bonchev–Trinajstić information content (AvgIpc) is 2.50. The number of nitrogens with two attached hydrogens (primary N) is 1. The van der Waals surface area contributed by atoms with E-state index in [0.29, 0.717) is 11.8 Å². The normalized spacial score (nSPS) is 39.1. The summed E-state index contributed by atoms with van der Waals surface area (Å²) in [5.41, 5.74) is 6.14. The number of carbonyl (C=O) groups is 1. The molecule has 15 heavy (non-hydrogen) atoms. The summed E-state index contributed by atoms with van der Waals surface area (Å²) >= 11 is 0. The van der Waals surface area contributed by atoms with Gasteiger partial charge in [-0.15, -0.1) is 12.4 Å². The molecule has 2 bridgehead atoms. The van der Waals surface area contributed by atoms with Crippen molar-refractivity contribution in [3.8, 4) is 0 Å². The summed E-state index contributed by atoms with van der Waals surface area (Å²) in [6, 6.07) is 0.0451. The van der Waals surface area contributed by atoms with Crippen LogP contribution in [-0.4, -0.2) is 19.1 Å². The van der Waals surface area contributed by atoms with Gasteiger partial charge in [0.2, 0.25) is 0 Å². The molecule has 4 atom stereocenters. The fourth-order valence-corrected chi connectivity index (χ4v) is 3.20. The van der Waals surface area contributed by atoms with Crippen LogP contribution in [0.5, 0.6) is 0 Å². The Morgan fingerprint density at radius 3 is 2.47 bits per heavy atom. The van der Waals surface area contributed by atoms with E-state index in [9.17, 15) is 4.79 Å². The Bertz CT molecular complexity index is 229. The van der Waals surface area contributed by atoms with Gasteiger partial charge in [0.1, 0.15) is 0 Å². The molecular weight excluding hydrogens is 214 g/mol. The van der Waals surface area contributed by atoms with E-state index in [4.69, 9.17) is 10.5 Å². The first-order valence-electron chi connectivity index (χ1n) is 5.57. The van der Waals surface area contributed by atoms with Crippen LogP contribution in [0, 0.1) is 17.8 Å². The third-order valence-corrected chi connectivity index (χ3v) is 4.00. The Hall–Kier alpha value is -0.280. The largest absolute Gasteiger partial charge is 0.469 e. The molecule has 0 aromatic rings. The van der Waals surface area contributed by atoms with Crippen molar-refractivity contribution in [2.45, 2.75) is 38.1 Å². The van der Waals surface area contributed by atoms with Gasteiger partial charge in [-0.05, 0) is 37.5 Å². The highest BCUT2D eigenvalue weighted by molar-refractivity contribution is 5.85. The van der Waals surface area contributed by atoms with E-state index in [-0.39, 0.29) is 30.3 Å². The van der Waals surface area contributed by atoms with Crippen LogP contribution in [0.3, 0.4) is 0 Å². The third kappa shape index (κ3) is 2.28. The average molecular weight is 234 g/mol. The van der Waals surface area contributed by atoms with Crippen molar-refractivity contribution in [3.63, 3.8) is 0 Å². The van der Waals surface area contributed by atoms with Gasteiger partial charge in [-0.1, -0.05) is 6.42 Å². The smallest absolute Gasteiger partial charge is 0.310 e. The summed E-state index contributed by atoms with van der Waals surface area (Å²) < 4.78 is 4.85. The zero-order chi connectivity index (χ0) is 10.1. The molecule has 3 rings (SSSR count). The maximum Gasteiger partial charge on any atom is 0.310 e. The van der Waals surface area contributed by atoms with Crippen LogP contribution in [-0.2, 0) is 9.53 Å². The number of methoxy groups -OCH3 is 1. The van der Waals surface area contributed by atoms with Crippen molar-refractivity contribution in [2.75, 3.05) is 7.11 Å². The quantitative estimate of drug-likeness (QED) is 0.702. The second-order valence-electron chi connectivity index (χ2n) is 4.65. The Morgan fingerprint density at radius 1 is 1.20 bits per heavy atom. The van der Waals surface area contributed by atoms with E-state index < -0.39 is 0 Å². The standard InChI is InChI=1S/C11H19NO2.ClH/c1-14-11(13)9-7-3-2-4-8(6-5-7)10(9)12;/h7-10H,2-6,12H2,1H3;1H. The highest BCUT2D eigenvalue weighted by Crippen LogP contribution is 2.42. The summed E-state index contributed by atoms with van der Waals surface area (Å²) in [6.07, 6.45) is 5.96. The Balaban J connectivity index is 0.00000112. The lowest BCUT2D eigenvalue weighted by Gasteiger charge is -2.36. The van der Waals surface area contributed by atoms with Crippen LogP contribution in [0.2, 0.25) is 0 Å². The van der Waals surface area contributed by atoms with E-state index in [2.05, 4.69) is 0 Å². The zero-order valence-corrected chi connectivity index (χ0v) is 9.96. The first-order chi connectivity index (χ1) is 6.74. The number of hydrogen-bond donors (Lipinski definition) is 1. The Kier molecular flexibility index (Phi) is 4.41. The lowest BCUT2D eigenvalue weighted by molar-refractivity contribution is -0.150. The molecule has 4 unspecified atom stereocenters. The molecule has 3 nitrogen and oxygen atoms in total. The molecule has 0 amide bonds. The topological polar surface area (TPSA) is 52.3 Å². The second kappa shape index (κ2) is 5.17. The van der Waals surface area contributed by atoms with Gasteiger partial charge in [-0.2, -0.15) is 0 Å². The van der Waals surface area contributed by atoms with Crippen LogP contribution in [0.25, 0.3) is 0 Å². The highest BCUT2D eigenvalue weighted by atomic mass is 35.5. The summed E-state index contributed by atoms with van der Waals surface area (Å²) in [5, 5.41) is 0. The predicted molar refractivity (Wildman–Crippen MR) is 60.8 cm³/mol. The maximum atomic E-state index is 11.6. The van der Waals surface area contributed by atoms with Gasteiger partial charge in [0.05, 0.1) is 13.0 Å². The minimum absolute atomic E-state index is 0. The zero-order valence-electron chi connectivity index (χ0n) is 9.15. The van der Waals surface area contributed by atoms with Crippen LogP contribution < -0.4 is 5.73 Å². The van der Waals surface area contributed by atoms with Gasteiger partial charge in [0.25, 0.3) is 0 Å². The van der Waals surface area contributed by atoms with Crippen molar-refractivity contribution < 1.29 is 9.53 Å². The van der Waals surface area contributed by atoms with Crippen LogP contribution in [0.1, 0.15) is 32.1 Å². The molecule has 0 spiro atoms. The summed E-state index contributed by atoms with van der Waals surface area (Å²) in [5.74, 6) is 0.921. The molecule has 2 N–H and O–H groups in total. The van der Waals surface area contributed by atoms with Crippen molar-refractivity contribution >= 4 is 18.4 Å². The molecule has 3 saturated carbocycles. The molecule has 3 aliphatic carbocycles. The van der Waals surface area contributed by atoms with Gasteiger partial charge in [0, 0.05) is 6.04 Å². The molecule has 0 aliphatic heterocycles. The number of esters is 1. The first kappa shape index (κ1) is 12.8. The molecular formula is C11H20ClNO2. The lowest BCUT2D eigenvalue weighted by atomic mass is 9.72. The maximum absolute atomic E-state index is 11.6. The minimum Gasteiger partial charge on any atom is -0.469 e. The molecule has 0 radical (unpaired) electrons. The predicted octanol–water partition coefficient (Wildman–Crippen LogP) is 1.73. The third-order valence-electron chi connectivity index (χ3n) is 4.00. The SMILES string of the molecule is COC(=O)C1C2CCCC(CC2)C1N.Cl. The molecule has 0 heterocycles. The number of hydrogen-bond acceptors (Lipinski definition) is 3. The van der Waals surface area contributed by atoms with Crippen molar-refractivity contribution in [3.05, 3.63) is 0 Å². The Morgan fingerprint density at radius 2 is 1.80 bits per heavy atom. The van der Waals surface area contributed by atoms with E-state index >= 15 is 0 Å². The molecule has 3 aliphatic rings. The number of ether oxygens (including phenoxy) is 1. The van der Waals surface area contributed by atoms with Gasteiger partial charge in [-0.25, -0.2) is 0 Å². The van der Waals surface area contributed by atoms with E-state index in [0.717, 1.165) is 12.8 Å². The number of fused-ring (bicyclic) bond motifs is 4. The summed E-state index contributed by atoms with van der Waals surface area (Å²) in [6.45, 7) is 0. The molecule has 88 valence electrons. The van der Waals surface area contributed by atoms with E-state index in [1.54, 1.807) is 0 Å². The summed E-state index contributed by atoms with van der Waals surface area (Å²) in [4.78, 5) is 11.6. The van der Waals surface area contributed by atoms with Crippen LogP contribution in [0.15, 0.2) is 0 Å². The van der Waals surface area contributed by atoms with Crippen LogP contribution in [0.4, 0.5) is 0 Å². The Labute approximate surface area is 97.1 Å². The molecule has 0 aromatic heterocycles. The number of rotatable bonds is 1. The summed E-state index contributed by atoms with van der Waals surface area (Å²) in [7, 11) is 1.47. The van der Waals surface area contributed by atoms with Crippen molar-refractivity contribution in [1.29, 1.82) is 0 Å². The van der Waals surface area contributed by atoms with Gasteiger partial charge < -0.3 is 10.5 Å². The van der Waals surface area contributed by atoms with E-state index in [1.807, 2.05) is 0 Å². The minimum atomic E-state index is -0.0888. The van der Waals surface area contributed by atoms with Gasteiger partial charge in [-0.3, -0.25) is 4.79 Å². The second-order valence-corrected chi connectivity index (χ2v) is 4.65. The monoisotopic (exact) mass is 233 g/mol. The number of halogens is 1. The van der Waals surface area contributed by atoms with E-state index in [1.165, 1.54) is 26.4 Å². The highest BCUT2D eigenvalue weighted by Gasteiger charge is 2.43. The lowest BCUT2D eigenvalue weighted by Crippen LogP contribution is -2.47. The van der Waals surface area contributed by atoms with Gasteiger partial charge in [0.15, 0.2) is 0 Å². The fraction of sp³-hybridized carbons (Fsp3) is 0.909. The molecule has 0 aromatic carbocycles. The fourth-order valence-electron chi connectivity index (χ4n) is 3.20. The van der Waals surface area contributed by atoms with Crippen molar-refractivity contribution in [2.24, 2.45) is 23.5 Å². The first-order valence-corrected chi connectivity index (χ1v) is 5.57. The molecule has 0 saturated heterocycles. The number of carbonyl (C=O) groups excluding carboxylic acids is 1.